The molecule has 0 bridgehead atoms. The Labute approximate surface area is 303 Å². The zero-order valence-corrected chi connectivity index (χ0v) is 28.7. The highest BCUT2D eigenvalue weighted by molar-refractivity contribution is 8.27. The van der Waals surface area contributed by atoms with Crippen LogP contribution in [0.2, 0.25) is 0 Å². The highest BCUT2D eigenvalue weighted by atomic mass is 32.2. The molecule has 1 saturated heterocycles. The van der Waals surface area contributed by atoms with Gasteiger partial charge in [-0.2, -0.15) is 4.98 Å². The molecule has 1 unspecified atom stereocenters. The van der Waals surface area contributed by atoms with E-state index in [2.05, 4.69) is 9.97 Å². The summed E-state index contributed by atoms with van der Waals surface area (Å²) >= 11 is 7.15. The van der Waals surface area contributed by atoms with E-state index in [1.165, 1.54) is 11.8 Å². The highest BCUT2D eigenvalue weighted by Crippen LogP contribution is 2.39. The standard InChI is InChI=1S/C24H20N2O2S.C11H7N3O6S2/c27-22-21(20(18-12-6-2-7-13-18)19-14-8-3-9-15-19)23(28)26-24(25-22)29-16-17-10-4-1-5-11-17;12-8-10(16)7(22-11(8)21)2-4-1-5(13(17)18)3-6(9(4)15)14(19)20/h1-15,20H,16H2,(H2,25,26,27,28);1-3,8,15H,12H2/b;7-2+. The summed E-state index contributed by atoms with van der Waals surface area (Å²) in [7, 11) is 0. The van der Waals surface area contributed by atoms with Crippen LogP contribution in [0.4, 0.5) is 11.4 Å². The van der Waals surface area contributed by atoms with E-state index in [-0.39, 0.29) is 31.7 Å². The zero-order valence-electron chi connectivity index (χ0n) is 26.2. The molecule has 258 valence electrons. The number of hydrogen-bond donors (Lipinski definition) is 4. The lowest BCUT2D eigenvalue weighted by molar-refractivity contribution is -0.394. The van der Waals surface area contributed by atoms with Gasteiger partial charge in [0.05, 0.1) is 30.6 Å². The van der Waals surface area contributed by atoms with Crippen LogP contribution in [0.25, 0.3) is 6.08 Å². The number of aromatic amines is 1. The Morgan fingerprint density at radius 1 is 0.922 bits per heavy atom. The summed E-state index contributed by atoms with van der Waals surface area (Å²) < 4.78 is 0.218. The molecule has 16 heteroatoms. The Kier molecular flexibility index (Phi) is 11.7. The number of carbonyl (C=O) groups excluding carboxylic acids is 1. The normalized spacial score (nSPS) is 14.7. The topological polar surface area (TPSA) is 216 Å². The van der Waals surface area contributed by atoms with Crippen molar-refractivity contribution in [2.45, 2.75) is 22.9 Å². The maximum Gasteiger partial charge on any atom is 0.318 e. The van der Waals surface area contributed by atoms with Gasteiger partial charge in [0.1, 0.15) is 6.04 Å². The van der Waals surface area contributed by atoms with E-state index in [9.17, 15) is 40.0 Å². The molecule has 0 amide bonds. The first-order chi connectivity index (χ1) is 24.4. The molecule has 4 aromatic carbocycles. The molecule has 51 heavy (non-hydrogen) atoms. The molecule has 5 N–H and O–H groups in total. The average molecular weight is 742 g/mol. The van der Waals surface area contributed by atoms with E-state index in [1.807, 2.05) is 91.0 Å². The summed E-state index contributed by atoms with van der Waals surface area (Å²) in [6.07, 6.45) is 1.10. The summed E-state index contributed by atoms with van der Waals surface area (Å²) in [5.74, 6) is -1.26. The number of ketones is 1. The highest BCUT2D eigenvalue weighted by Gasteiger charge is 2.33. The van der Waals surface area contributed by atoms with Gasteiger partial charge in [0, 0.05) is 23.3 Å². The number of phenols is 1. The van der Waals surface area contributed by atoms with Crippen LogP contribution in [0.3, 0.4) is 0 Å². The molecule has 1 aliphatic heterocycles. The molecule has 0 spiro atoms. The van der Waals surface area contributed by atoms with E-state index in [4.69, 9.17) is 18.0 Å². The number of hydrogen-bond acceptors (Lipinski definition) is 13. The van der Waals surface area contributed by atoms with Gasteiger partial charge in [0.15, 0.2) is 10.9 Å². The van der Waals surface area contributed by atoms with Crippen LogP contribution < -0.4 is 11.3 Å². The molecule has 6 rings (SSSR count). The number of phenolic OH excluding ortho intramolecular Hbond substituents is 1. The number of thiocarbonyl (C=S) groups is 1. The van der Waals surface area contributed by atoms with Crippen LogP contribution in [-0.2, 0) is 10.5 Å². The lowest BCUT2D eigenvalue weighted by Crippen LogP contribution is -2.30. The fraction of sp³-hybridized carbons (Fsp3) is 0.0857. The van der Waals surface area contributed by atoms with Gasteiger partial charge in [-0.3, -0.25) is 29.8 Å². The second kappa shape index (κ2) is 16.4. The minimum Gasteiger partial charge on any atom is -0.502 e. The maximum atomic E-state index is 13.0. The minimum atomic E-state index is -0.984. The summed E-state index contributed by atoms with van der Waals surface area (Å²) in [4.78, 5) is 51.9. The molecule has 13 nitrogen and oxygen atoms in total. The summed E-state index contributed by atoms with van der Waals surface area (Å²) in [5, 5.41) is 42.6. The van der Waals surface area contributed by atoms with Crippen molar-refractivity contribution in [1.82, 2.24) is 9.97 Å². The number of benzene rings is 4. The lowest BCUT2D eigenvalue weighted by atomic mass is 9.86. The van der Waals surface area contributed by atoms with Crippen LogP contribution >= 0.6 is 35.7 Å². The number of nitro benzene ring substituents is 2. The molecule has 1 aromatic heterocycles. The number of nitrogens with two attached hydrogens (primary N) is 1. The van der Waals surface area contributed by atoms with Crippen LogP contribution in [0.1, 0.15) is 33.7 Å². The van der Waals surface area contributed by atoms with Crippen molar-refractivity contribution in [3.05, 3.63) is 166 Å². The third-order valence-electron chi connectivity index (χ3n) is 7.47. The van der Waals surface area contributed by atoms with E-state index in [1.54, 1.807) is 0 Å². The fourth-order valence-electron chi connectivity index (χ4n) is 5.03. The number of nitrogens with zero attached hydrogens (tertiary/aromatic N) is 3. The van der Waals surface area contributed by atoms with Crippen molar-refractivity contribution >= 4 is 63.2 Å². The number of nitro groups is 2. The largest absolute Gasteiger partial charge is 0.502 e. The molecule has 0 aliphatic carbocycles. The van der Waals surface area contributed by atoms with Gasteiger partial charge in [-0.1, -0.05) is 127 Å². The Balaban J connectivity index is 0.000000206. The van der Waals surface area contributed by atoms with Gasteiger partial charge in [0.2, 0.25) is 11.6 Å². The Morgan fingerprint density at radius 3 is 1.98 bits per heavy atom. The van der Waals surface area contributed by atoms with E-state index in [0.717, 1.165) is 40.6 Å². The first kappa shape index (κ1) is 36.6. The van der Waals surface area contributed by atoms with Gasteiger partial charge in [-0.15, -0.1) is 0 Å². The van der Waals surface area contributed by atoms with Crippen molar-refractivity contribution in [2.24, 2.45) is 5.73 Å². The molecule has 0 saturated carbocycles. The molecule has 0 radical (unpaired) electrons. The second-order valence-corrected chi connectivity index (χ2v) is 13.6. The summed E-state index contributed by atoms with van der Waals surface area (Å²) in [6, 6.07) is 29.9. The van der Waals surface area contributed by atoms with Crippen molar-refractivity contribution in [3.8, 4) is 11.6 Å². The smallest absolute Gasteiger partial charge is 0.318 e. The summed E-state index contributed by atoms with van der Waals surface area (Å²) in [5.41, 5.74) is 6.78. The van der Waals surface area contributed by atoms with E-state index in [0.29, 0.717) is 17.0 Å². The molecule has 2 heterocycles. The number of Topliss-reactive ketones (excluding diaryl/α,β-unsaturated/α-hetero) is 1. The molecular weight excluding hydrogens is 715 g/mol. The van der Waals surface area contributed by atoms with Crippen LogP contribution in [0.15, 0.2) is 118 Å². The lowest BCUT2D eigenvalue weighted by Gasteiger charge is -2.18. The molecule has 1 aliphatic rings. The first-order valence-electron chi connectivity index (χ1n) is 14.9. The van der Waals surface area contributed by atoms with Crippen LogP contribution in [-0.4, -0.2) is 46.0 Å². The van der Waals surface area contributed by atoms with E-state index >= 15 is 0 Å². The van der Waals surface area contributed by atoms with Gasteiger partial charge < -0.3 is 20.9 Å². The number of carbonyl (C=O) groups is 1. The molecule has 1 atom stereocenters. The predicted molar refractivity (Wildman–Crippen MR) is 199 cm³/mol. The van der Waals surface area contributed by atoms with Gasteiger partial charge >= 0.3 is 5.69 Å². The molecule has 1 fully saturated rings. The predicted octanol–water partition coefficient (Wildman–Crippen LogP) is 6.47. The van der Waals surface area contributed by atoms with Gasteiger partial charge in [0.25, 0.3) is 11.2 Å². The number of nitrogens with one attached hydrogen (secondary N) is 1. The van der Waals surface area contributed by atoms with Crippen molar-refractivity contribution in [1.29, 1.82) is 0 Å². The van der Waals surface area contributed by atoms with Crippen LogP contribution in [0, 0.1) is 20.2 Å². The second-order valence-electron chi connectivity index (χ2n) is 10.8. The number of thioether (sulfide) groups is 2. The average Bonchev–Trinajstić information content (AvgIpc) is 3.36. The Morgan fingerprint density at radius 2 is 1.49 bits per heavy atom. The summed E-state index contributed by atoms with van der Waals surface area (Å²) in [6.45, 7) is 0. The maximum absolute atomic E-state index is 13.0. The van der Waals surface area contributed by atoms with Crippen LogP contribution in [0.5, 0.6) is 11.6 Å². The SMILES string of the molecule is NC1C(=O)/C(=C\c2cc([N+](=O)[O-])cc([N+](=O)[O-])c2O)SC1=S.O=c1[nH]c(SCc2ccccc2)nc(O)c1C(c1ccccc1)c1ccccc1. The van der Waals surface area contributed by atoms with Crippen molar-refractivity contribution < 1.29 is 24.9 Å². The number of aromatic hydroxyl groups is 2. The minimum absolute atomic E-state index is 0.0580. The number of aromatic nitrogens is 2. The number of H-pyrrole nitrogens is 1. The van der Waals surface area contributed by atoms with Crippen molar-refractivity contribution in [2.75, 3.05) is 0 Å². The van der Waals surface area contributed by atoms with Crippen molar-refractivity contribution in [3.63, 3.8) is 0 Å². The Bertz CT molecular complexity index is 2160. The quantitative estimate of drug-likeness (QED) is 0.0319. The third-order valence-corrected chi connectivity index (χ3v) is 9.92. The first-order valence-corrected chi connectivity index (χ1v) is 17.1. The molecular formula is C35H27N5O8S3. The monoisotopic (exact) mass is 741 g/mol. The van der Waals surface area contributed by atoms with E-state index < -0.39 is 44.7 Å². The van der Waals surface area contributed by atoms with Gasteiger partial charge in [-0.05, 0) is 22.8 Å². The van der Waals surface area contributed by atoms with Gasteiger partial charge in [-0.25, -0.2) is 0 Å². The fourth-order valence-corrected chi connectivity index (χ4v) is 7.08. The number of rotatable bonds is 9. The molecule has 5 aromatic rings. The Hall–Kier alpha value is -5.68. The number of non-ortho nitro benzene ring substituents is 1. The third kappa shape index (κ3) is 8.74. The zero-order chi connectivity index (χ0) is 36.7.